The van der Waals surface area contributed by atoms with Crippen LogP contribution in [0.2, 0.25) is 0 Å². The Labute approximate surface area is 161 Å². The van der Waals surface area contributed by atoms with Crippen molar-refractivity contribution in [2.75, 3.05) is 50.8 Å². The predicted octanol–water partition coefficient (Wildman–Crippen LogP) is 4.74. The third kappa shape index (κ3) is 4.48. The van der Waals surface area contributed by atoms with E-state index in [1.165, 1.54) is 54.9 Å². The molecule has 26 heavy (non-hydrogen) atoms. The second-order valence-corrected chi connectivity index (χ2v) is 8.47. The number of thiophene rings is 1. The van der Waals surface area contributed by atoms with Crippen LogP contribution >= 0.6 is 11.3 Å². The predicted molar refractivity (Wildman–Crippen MR) is 111 cm³/mol. The fraction of sp³-hybridized carbons (Fsp3) is 0.545. The van der Waals surface area contributed by atoms with Crippen LogP contribution in [0.4, 0.5) is 5.69 Å². The van der Waals surface area contributed by atoms with Gasteiger partial charge in [0.15, 0.2) is 0 Å². The van der Waals surface area contributed by atoms with Gasteiger partial charge in [0.1, 0.15) is 0 Å². The highest BCUT2D eigenvalue weighted by Crippen LogP contribution is 2.37. The number of piperidine rings is 1. The van der Waals surface area contributed by atoms with E-state index in [1.54, 1.807) is 0 Å². The van der Waals surface area contributed by atoms with Crippen molar-refractivity contribution in [3.8, 4) is 10.4 Å². The fourth-order valence-corrected chi connectivity index (χ4v) is 5.07. The molecular weight excluding hydrogens is 340 g/mol. The molecule has 2 saturated heterocycles. The van der Waals surface area contributed by atoms with Gasteiger partial charge in [-0.25, -0.2) is 0 Å². The summed E-state index contributed by atoms with van der Waals surface area (Å²) in [6, 6.07) is 13.1. The molecule has 0 saturated carbocycles. The third-order valence-electron chi connectivity index (χ3n) is 5.74. The molecule has 2 aromatic rings. The van der Waals surface area contributed by atoms with Crippen LogP contribution in [-0.2, 0) is 4.74 Å². The number of hydrogen-bond acceptors (Lipinski definition) is 4. The van der Waals surface area contributed by atoms with Gasteiger partial charge >= 0.3 is 0 Å². The number of benzene rings is 1. The van der Waals surface area contributed by atoms with Crippen molar-refractivity contribution >= 4 is 17.0 Å². The second-order valence-electron chi connectivity index (χ2n) is 7.56. The van der Waals surface area contributed by atoms with E-state index < -0.39 is 0 Å². The smallest absolute Gasteiger partial charge is 0.0593 e. The lowest BCUT2D eigenvalue weighted by Crippen LogP contribution is -2.35. The van der Waals surface area contributed by atoms with Crippen LogP contribution in [0.25, 0.3) is 10.4 Å². The van der Waals surface area contributed by atoms with E-state index in [9.17, 15) is 0 Å². The van der Waals surface area contributed by atoms with E-state index in [4.69, 9.17) is 4.74 Å². The molecule has 2 aliphatic rings. The van der Waals surface area contributed by atoms with Crippen molar-refractivity contribution in [2.45, 2.75) is 25.7 Å². The topological polar surface area (TPSA) is 15.7 Å². The highest BCUT2D eigenvalue weighted by molar-refractivity contribution is 7.14. The minimum Gasteiger partial charge on any atom is -0.380 e. The van der Waals surface area contributed by atoms with Crippen LogP contribution in [0.5, 0.6) is 0 Å². The Kier molecular flexibility index (Phi) is 6.26. The van der Waals surface area contributed by atoms with E-state index in [0.717, 1.165) is 38.8 Å². The van der Waals surface area contributed by atoms with Crippen LogP contribution in [-0.4, -0.2) is 50.8 Å². The molecule has 2 aliphatic heterocycles. The summed E-state index contributed by atoms with van der Waals surface area (Å²) >= 11 is 1.85. The normalized spacial score (nSPS) is 19.3. The Morgan fingerprint density at radius 3 is 2.50 bits per heavy atom. The summed E-state index contributed by atoms with van der Waals surface area (Å²) in [5.41, 5.74) is 2.75. The molecule has 0 amide bonds. The van der Waals surface area contributed by atoms with E-state index in [1.807, 2.05) is 11.3 Å². The standard InChI is InChI=1S/C22H30N2OS/c1-2-6-20(7-3-1)22-21(10-17-26-22)24-13-8-19(9-14-24)18-25-16-15-23-11-4-5-12-23/h1-3,6-7,10,17,19H,4-5,8-9,11-16,18H2. The van der Waals surface area contributed by atoms with Crippen molar-refractivity contribution < 1.29 is 4.74 Å². The van der Waals surface area contributed by atoms with Crippen LogP contribution in [0.15, 0.2) is 41.8 Å². The SMILES string of the molecule is c1ccc(-c2sccc2N2CCC(COCCN3CCCC3)CC2)cc1. The molecule has 4 heteroatoms. The minimum atomic E-state index is 0.726. The molecule has 3 nitrogen and oxygen atoms in total. The Morgan fingerprint density at radius 2 is 1.73 bits per heavy atom. The molecule has 2 fully saturated rings. The van der Waals surface area contributed by atoms with E-state index in [0.29, 0.717) is 0 Å². The summed E-state index contributed by atoms with van der Waals surface area (Å²) in [5.74, 6) is 0.726. The number of likely N-dealkylation sites (tertiary alicyclic amines) is 1. The first kappa shape index (κ1) is 18.0. The first-order chi connectivity index (χ1) is 12.9. The van der Waals surface area contributed by atoms with Crippen LogP contribution < -0.4 is 4.90 Å². The maximum absolute atomic E-state index is 6.00. The molecule has 1 aromatic carbocycles. The average molecular weight is 371 g/mol. The highest BCUT2D eigenvalue weighted by atomic mass is 32.1. The lowest BCUT2D eigenvalue weighted by atomic mass is 9.97. The van der Waals surface area contributed by atoms with Gasteiger partial charge in [-0.05, 0) is 61.7 Å². The van der Waals surface area contributed by atoms with Crippen molar-refractivity contribution in [3.63, 3.8) is 0 Å². The van der Waals surface area contributed by atoms with E-state index >= 15 is 0 Å². The summed E-state index contributed by atoms with van der Waals surface area (Å²) in [6.45, 7) is 7.81. The van der Waals surface area contributed by atoms with Crippen molar-refractivity contribution in [1.82, 2.24) is 4.90 Å². The minimum absolute atomic E-state index is 0.726. The molecule has 0 spiro atoms. The van der Waals surface area contributed by atoms with Crippen LogP contribution in [0.1, 0.15) is 25.7 Å². The maximum Gasteiger partial charge on any atom is 0.0593 e. The molecule has 140 valence electrons. The molecule has 0 N–H and O–H groups in total. The second kappa shape index (κ2) is 9.03. The maximum atomic E-state index is 6.00. The lowest BCUT2D eigenvalue weighted by Gasteiger charge is -2.33. The van der Waals surface area contributed by atoms with E-state index in [-0.39, 0.29) is 0 Å². The first-order valence-corrected chi connectivity index (χ1v) is 11.0. The molecule has 0 atom stereocenters. The van der Waals surface area contributed by atoms with Gasteiger partial charge in [-0.2, -0.15) is 0 Å². The zero-order valence-corrected chi connectivity index (χ0v) is 16.4. The highest BCUT2D eigenvalue weighted by Gasteiger charge is 2.22. The molecule has 0 aliphatic carbocycles. The summed E-state index contributed by atoms with van der Waals surface area (Å²) in [7, 11) is 0. The summed E-state index contributed by atoms with van der Waals surface area (Å²) in [6.07, 6.45) is 5.22. The van der Waals surface area contributed by atoms with E-state index in [2.05, 4.69) is 51.6 Å². The van der Waals surface area contributed by atoms with Gasteiger partial charge < -0.3 is 14.5 Å². The van der Waals surface area contributed by atoms with Gasteiger partial charge in [0.2, 0.25) is 0 Å². The molecule has 0 unspecified atom stereocenters. The Balaban J connectivity index is 1.23. The Hall–Kier alpha value is -1.36. The van der Waals surface area contributed by atoms with Gasteiger partial charge in [0.25, 0.3) is 0 Å². The van der Waals surface area contributed by atoms with Gasteiger partial charge in [-0.3, -0.25) is 0 Å². The first-order valence-electron chi connectivity index (χ1n) is 10.1. The van der Waals surface area contributed by atoms with Gasteiger partial charge in [0, 0.05) is 26.2 Å². The summed E-state index contributed by atoms with van der Waals surface area (Å²) in [5, 5.41) is 2.23. The Morgan fingerprint density at radius 1 is 0.962 bits per heavy atom. The fourth-order valence-electron chi connectivity index (χ4n) is 4.15. The summed E-state index contributed by atoms with van der Waals surface area (Å²) in [4.78, 5) is 6.51. The van der Waals surface area contributed by atoms with Gasteiger partial charge in [0.05, 0.1) is 17.2 Å². The summed E-state index contributed by atoms with van der Waals surface area (Å²) < 4.78 is 6.00. The molecule has 3 heterocycles. The number of rotatable bonds is 7. The Bertz CT molecular complexity index is 658. The zero-order valence-electron chi connectivity index (χ0n) is 15.6. The molecule has 0 bridgehead atoms. The lowest BCUT2D eigenvalue weighted by molar-refractivity contribution is 0.0753. The van der Waals surface area contributed by atoms with Crippen molar-refractivity contribution in [2.24, 2.45) is 5.92 Å². The third-order valence-corrected chi connectivity index (χ3v) is 6.69. The number of ether oxygens (including phenoxy) is 1. The quantitative estimate of drug-likeness (QED) is 0.655. The number of anilines is 1. The van der Waals surface area contributed by atoms with Crippen molar-refractivity contribution in [1.29, 1.82) is 0 Å². The number of nitrogens with zero attached hydrogens (tertiary/aromatic N) is 2. The van der Waals surface area contributed by atoms with Crippen molar-refractivity contribution in [3.05, 3.63) is 41.8 Å². The monoisotopic (exact) mass is 370 g/mol. The zero-order chi connectivity index (χ0) is 17.6. The van der Waals surface area contributed by atoms with Crippen LogP contribution in [0.3, 0.4) is 0 Å². The molecule has 1 aromatic heterocycles. The molecular formula is C22H30N2OS. The van der Waals surface area contributed by atoms with Crippen LogP contribution in [0, 0.1) is 5.92 Å². The molecule has 4 rings (SSSR count). The number of hydrogen-bond donors (Lipinski definition) is 0. The average Bonchev–Trinajstić information content (AvgIpc) is 3.38. The van der Waals surface area contributed by atoms with Gasteiger partial charge in [-0.1, -0.05) is 30.3 Å². The van der Waals surface area contributed by atoms with Gasteiger partial charge in [-0.15, -0.1) is 11.3 Å². The molecule has 0 radical (unpaired) electrons. The largest absolute Gasteiger partial charge is 0.380 e.